The summed E-state index contributed by atoms with van der Waals surface area (Å²) in [6.07, 6.45) is 6.18. The van der Waals surface area contributed by atoms with E-state index in [1.165, 1.54) is 25.7 Å². The first-order valence-corrected chi connectivity index (χ1v) is 9.11. The lowest BCUT2D eigenvalue weighted by Crippen LogP contribution is -2.46. The van der Waals surface area contributed by atoms with Crippen LogP contribution in [0.3, 0.4) is 0 Å². The molecule has 22 heavy (non-hydrogen) atoms. The average molecular weight is 320 g/mol. The molecule has 2 amide bonds. The third-order valence-corrected chi connectivity index (χ3v) is 6.02. The Labute approximate surface area is 135 Å². The zero-order valence-electron chi connectivity index (χ0n) is 13.1. The van der Waals surface area contributed by atoms with Crippen LogP contribution in [-0.4, -0.2) is 30.3 Å². The van der Waals surface area contributed by atoms with Crippen LogP contribution in [0, 0.1) is 11.8 Å². The van der Waals surface area contributed by atoms with E-state index in [0.717, 1.165) is 11.4 Å². The Morgan fingerprint density at radius 2 is 2.14 bits per heavy atom. The highest BCUT2D eigenvalue weighted by molar-refractivity contribution is 7.10. The highest BCUT2D eigenvalue weighted by Crippen LogP contribution is 2.38. The van der Waals surface area contributed by atoms with Crippen molar-refractivity contribution in [1.82, 2.24) is 10.2 Å². The van der Waals surface area contributed by atoms with Crippen molar-refractivity contribution in [3.8, 4) is 0 Å². The number of amides is 2. The van der Waals surface area contributed by atoms with Gasteiger partial charge in [0.25, 0.3) is 0 Å². The third kappa shape index (κ3) is 3.19. The minimum absolute atomic E-state index is 0.107. The first-order chi connectivity index (χ1) is 10.7. The molecule has 0 radical (unpaired) electrons. The van der Waals surface area contributed by atoms with Gasteiger partial charge < -0.3 is 10.2 Å². The van der Waals surface area contributed by atoms with Crippen molar-refractivity contribution in [1.29, 1.82) is 0 Å². The van der Waals surface area contributed by atoms with Crippen molar-refractivity contribution in [2.75, 3.05) is 13.6 Å². The van der Waals surface area contributed by atoms with E-state index in [-0.39, 0.29) is 23.8 Å². The molecule has 1 aromatic rings. The molecule has 5 heteroatoms. The first-order valence-electron chi connectivity index (χ1n) is 8.23. The maximum absolute atomic E-state index is 12.7. The highest BCUT2D eigenvalue weighted by atomic mass is 32.1. The minimum Gasteiger partial charge on any atom is -0.356 e. The fourth-order valence-electron chi connectivity index (χ4n) is 3.75. The molecule has 1 aliphatic carbocycles. The molecule has 1 saturated heterocycles. The van der Waals surface area contributed by atoms with Gasteiger partial charge in [-0.2, -0.15) is 0 Å². The predicted molar refractivity (Wildman–Crippen MR) is 87.5 cm³/mol. The Balaban J connectivity index is 1.69. The van der Waals surface area contributed by atoms with E-state index in [0.29, 0.717) is 18.8 Å². The Morgan fingerprint density at radius 1 is 1.36 bits per heavy atom. The van der Waals surface area contributed by atoms with Crippen molar-refractivity contribution < 1.29 is 9.59 Å². The van der Waals surface area contributed by atoms with Crippen molar-refractivity contribution in [2.45, 2.75) is 44.6 Å². The van der Waals surface area contributed by atoms with E-state index in [4.69, 9.17) is 0 Å². The quantitative estimate of drug-likeness (QED) is 0.927. The van der Waals surface area contributed by atoms with Gasteiger partial charge in [0.2, 0.25) is 11.8 Å². The number of hydrogen-bond donors (Lipinski definition) is 1. The molecule has 120 valence electrons. The lowest BCUT2D eigenvalue weighted by molar-refractivity contribution is -0.141. The zero-order valence-corrected chi connectivity index (χ0v) is 13.9. The van der Waals surface area contributed by atoms with Gasteiger partial charge in [-0.1, -0.05) is 18.9 Å². The molecular weight excluding hydrogens is 296 g/mol. The van der Waals surface area contributed by atoms with Gasteiger partial charge in [0.15, 0.2) is 0 Å². The van der Waals surface area contributed by atoms with Crippen LogP contribution in [0.4, 0.5) is 0 Å². The number of likely N-dealkylation sites (tertiary alicyclic amines) is 1. The summed E-state index contributed by atoms with van der Waals surface area (Å²) >= 11 is 1.63. The Bertz CT molecular complexity index is 523. The van der Waals surface area contributed by atoms with Gasteiger partial charge in [-0.25, -0.2) is 0 Å². The van der Waals surface area contributed by atoms with Gasteiger partial charge in [-0.15, -0.1) is 11.3 Å². The minimum atomic E-state index is -0.122. The Morgan fingerprint density at radius 3 is 2.82 bits per heavy atom. The van der Waals surface area contributed by atoms with Gasteiger partial charge in [-0.3, -0.25) is 9.59 Å². The maximum atomic E-state index is 12.7. The molecule has 3 rings (SSSR count). The van der Waals surface area contributed by atoms with Crippen molar-refractivity contribution in [2.24, 2.45) is 11.8 Å². The fraction of sp³-hybridized carbons (Fsp3) is 0.647. The Hall–Kier alpha value is -1.36. The number of hydrogen-bond acceptors (Lipinski definition) is 3. The van der Waals surface area contributed by atoms with Gasteiger partial charge in [-0.05, 0) is 36.6 Å². The second-order valence-electron chi connectivity index (χ2n) is 6.51. The number of carbonyl (C=O) groups is 2. The topological polar surface area (TPSA) is 49.4 Å². The summed E-state index contributed by atoms with van der Waals surface area (Å²) in [5.41, 5.74) is 0. The first kappa shape index (κ1) is 15.5. The van der Waals surface area contributed by atoms with Crippen LogP contribution in [0.2, 0.25) is 0 Å². The number of rotatable bonds is 4. The molecule has 0 bridgehead atoms. The van der Waals surface area contributed by atoms with Gasteiger partial charge in [0.1, 0.15) is 0 Å². The maximum Gasteiger partial charge on any atom is 0.225 e. The molecule has 1 aromatic heterocycles. The van der Waals surface area contributed by atoms with E-state index in [1.807, 2.05) is 24.6 Å². The molecule has 2 aliphatic rings. The van der Waals surface area contributed by atoms with Gasteiger partial charge >= 0.3 is 0 Å². The summed E-state index contributed by atoms with van der Waals surface area (Å²) in [4.78, 5) is 27.6. The Kier molecular flexibility index (Phi) is 4.81. The van der Waals surface area contributed by atoms with Gasteiger partial charge in [0.05, 0.1) is 12.0 Å². The summed E-state index contributed by atoms with van der Waals surface area (Å²) in [6.45, 7) is 0.796. The number of nitrogens with one attached hydrogen (secondary N) is 1. The van der Waals surface area contributed by atoms with E-state index < -0.39 is 0 Å². The highest BCUT2D eigenvalue weighted by Gasteiger charge is 2.39. The van der Waals surface area contributed by atoms with E-state index in [9.17, 15) is 9.59 Å². The normalized spacial score (nSPS) is 26.4. The van der Waals surface area contributed by atoms with Crippen LogP contribution in [0.15, 0.2) is 17.5 Å². The summed E-state index contributed by atoms with van der Waals surface area (Å²) in [6, 6.07) is 3.91. The molecule has 1 saturated carbocycles. The molecule has 1 N–H and O–H groups in total. The van der Waals surface area contributed by atoms with E-state index in [2.05, 4.69) is 5.32 Å². The van der Waals surface area contributed by atoms with E-state index >= 15 is 0 Å². The molecule has 0 unspecified atom stereocenters. The molecule has 2 fully saturated rings. The van der Waals surface area contributed by atoms with Crippen molar-refractivity contribution in [3.63, 3.8) is 0 Å². The van der Waals surface area contributed by atoms with E-state index in [1.54, 1.807) is 16.2 Å². The summed E-state index contributed by atoms with van der Waals surface area (Å²) in [5.74, 6) is 0.776. The largest absolute Gasteiger partial charge is 0.356 e. The van der Waals surface area contributed by atoms with Crippen LogP contribution >= 0.6 is 11.3 Å². The fourth-order valence-corrected chi connectivity index (χ4v) is 4.69. The second kappa shape index (κ2) is 6.82. The predicted octanol–water partition coefficient (Wildman–Crippen LogP) is 2.96. The van der Waals surface area contributed by atoms with Gasteiger partial charge in [0, 0.05) is 24.9 Å². The van der Waals surface area contributed by atoms with Crippen LogP contribution in [0.1, 0.15) is 49.4 Å². The van der Waals surface area contributed by atoms with Crippen LogP contribution < -0.4 is 5.32 Å². The lowest BCUT2D eigenvalue weighted by atomic mass is 9.87. The molecule has 0 spiro atoms. The average Bonchev–Trinajstić information content (AvgIpc) is 3.20. The van der Waals surface area contributed by atoms with Crippen LogP contribution in [0.25, 0.3) is 0 Å². The smallest absolute Gasteiger partial charge is 0.225 e. The van der Waals surface area contributed by atoms with Crippen molar-refractivity contribution >= 4 is 23.2 Å². The lowest BCUT2D eigenvalue weighted by Gasteiger charge is -2.37. The second-order valence-corrected chi connectivity index (χ2v) is 7.48. The zero-order chi connectivity index (χ0) is 15.5. The van der Waals surface area contributed by atoms with Crippen molar-refractivity contribution in [3.05, 3.63) is 22.4 Å². The number of piperidine rings is 1. The van der Waals surface area contributed by atoms with Crippen LogP contribution in [-0.2, 0) is 9.59 Å². The molecule has 2 atom stereocenters. The summed E-state index contributed by atoms with van der Waals surface area (Å²) in [7, 11) is 1.82. The molecule has 2 heterocycles. The SMILES string of the molecule is CN1C(=O)CC[C@H](C(=O)NCC2CCCC2)[C@@H]1c1cccs1. The monoisotopic (exact) mass is 320 g/mol. The summed E-state index contributed by atoms with van der Waals surface area (Å²) in [5, 5.41) is 5.16. The molecular formula is C17H24N2O2S. The summed E-state index contributed by atoms with van der Waals surface area (Å²) < 4.78 is 0. The molecule has 1 aliphatic heterocycles. The molecule has 4 nitrogen and oxygen atoms in total. The van der Waals surface area contributed by atoms with Crippen LogP contribution in [0.5, 0.6) is 0 Å². The standard InChI is InChI=1S/C17H24N2O2S/c1-19-15(20)9-8-13(16(19)14-7-4-10-22-14)17(21)18-11-12-5-2-3-6-12/h4,7,10,12-13,16H,2-3,5-6,8-9,11H2,1H3,(H,18,21)/t13-,16+/m0/s1. The number of thiophene rings is 1. The third-order valence-electron chi connectivity index (χ3n) is 5.07. The number of nitrogens with zero attached hydrogens (tertiary/aromatic N) is 1. The number of carbonyl (C=O) groups excluding carboxylic acids is 2. The molecule has 0 aromatic carbocycles.